The Hall–Kier alpha value is -2.10. The smallest absolute Gasteiger partial charge is 0.141 e. The fourth-order valence-electron chi connectivity index (χ4n) is 1.27. The van der Waals surface area contributed by atoms with Crippen LogP contribution in [0.1, 0.15) is 5.56 Å². The summed E-state index contributed by atoms with van der Waals surface area (Å²) in [6, 6.07) is 7.79. The minimum absolute atomic E-state index is 0.134. The zero-order valence-corrected chi connectivity index (χ0v) is 8.43. The molecule has 1 aromatic carbocycles. The molecule has 0 aliphatic carbocycles. The lowest BCUT2D eigenvalue weighted by Gasteiger charge is -2.06. The van der Waals surface area contributed by atoms with Gasteiger partial charge in [0.05, 0.1) is 6.20 Å². The standard InChI is InChI=1S/C12H10FNO2/c13-10-4-9(6-14-7-10)8-16-12-3-1-2-11(15)5-12/h1-7,15H,8H2. The van der Waals surface area contributed by atoms with Crippen LogP contribution in [0.4, 0.5) is 4.39 Å². The van der Waals surface area contributed by atoms with Crippen molar-refractivity contribution in [2.24, 2.45) is 0 Å². The van der Waals surface area contributed by atoms with Crippen LogP contribution in [0.15, 0.2) is 42.7 Å². The average Bonchev–Trinajstić information content (AvgIpc) is 2.27. The fraction of sp³-hybridized carbons (Fsp3) is 0.0833. The predicted octanol–water partition coefficient (Wildman–Crippen LogP) is 2.51. The van der Waals surface area contributed by atoms with E-state index in [1.165, 1.54) is 18.3 Å². The van der Waals surface area contributed by atoms with Gasteiger partial charge in [-0.1, -0.05) is 6.07 Å². The number of pyridine rings is 1. The second-order valence-electron chi connectivity index (χ2n) is 3.30. The molecule has 0 aliphatic heterocycles. The van der Waals surface area contributed by atoms with Gasteiger partial charge in [-0.2, -0.15) is 0 Å². The Balaban J connectivity index is 2.02. The molecular weight excluding hydrogens is 209 g/mol. The maximum Gasteiger partial charge on any atom is 0.141 e. The van der Waals surface area contributed by atoms with Crippen molar-refractivity contribution in [3.8, 4) is 11.5 Å². The summed E-state index contributed by atoms with van der Waals surface area (Å²) in [5.41, 5.74) is 0.642. The number of nitrogens with zero attached hydrogens (tertiary/aromatic N) is 1. The summed E-state index contributed by atoms with van der Waals surface area (Å²) >= 11 is 0. The van der Waals surface area contributed by atoms with Crippen LogP contribution in [-0.4, -0.2) is 10.1 Å². The molecule has 16 heavy (non-hydrogen) atoms. The normalized spacial score (nSPS) is 10.1. The summed E-state index contributed by atoms with van der Waals surface area (Å²) in [5.74, 6) is 0.274. The summed E-state index contributed by atoms with van der Waals surface area (Å²) in [5, 5.41) is 9.20. The van der Waals surface area contributed by atoms with Crippen molar-refractivity contribution in [1.82, 2.24) is 4.98 Å². The van der Waals surface area contributed by atoms with E-state index in [4.69, 9.17) is 4.74 Å². The zero-order valence-electron chi connectivity index (χ0n) is 8.43. The van der Waals surface area contributed by atoms with Crippen molar-refractivity contribution in [1.29, 1.82) is 0 Å². The van der Waals surface area contributed by atoms with E-state index in [0.29, 0.717) is 11.3 Å². The number of benzene rings is 1. The quantitative estimate of drug-likeness (QED) is 0.862. The van der Waals surface area contributed by atoms with Gasteiger partial charge in [-0.05, 0) is 18.2 Å². The van der Waals surface area contributed by atoms with Crippen LogP contribution < -0.4 is 4.74 Å². The topological polar surface area (TPSA) is 42.4 Å². The van der Waals surface area contributed by atoms with Crippen molar-refractivity contribution >= 4 is 0 Å². The van der Waals surface area contributed by atoms with Gasteiger partial charge in [-0.15, -0.1) is 0 Å². The van der Waals surface area contributed by atoms with Gasteiger partial charge in [0.25, 0.3) is 0 Å². The molecule has 3 nitrogen and oxygen atoms in total. The van der Waals surface area contributed by atoms with E-state index in [2.05, 4.69) is 4.98 Å². The Morgan fingerprint density at radius 2 is 2.12 bits per heavy atom. The number of halogens is 1. The summed E-state index contributed by atoms with van der Waals surface area (Å²) in [7, 11) is 0. The third-order valence-electron chi connectivity index (χ3n) is 1.98. The van der Waals surface area contributed by atoms with Crippen LogP contribution in [0.25, 0.3) is 0 Å². The first-order valence-electron chi connectivity index (χ1n) is 4.75. The third-order valence-corrected chi connectivity index (χ3v) is 1.98. The van der Waals surface area contributed by atoms with Crippen molar-refractivity contribution < 1.29 is 14.2 Å². The molecule has 0 radical (unpaired) electrons. The number of ether oxygens (including phenoxy) is 1. The molecule has 1 heterocycles. The van der Waals surface area contributed by atoms with Crippen molar-refractivity contribution in [3.05, 3.63) is 54.1 Å². The van der Waals surface area contributed by atoms with E-state index in [-0.39, 0.29) is 12.4 Å². The van der Waals surface area contributed by atoms with Crippen LogP contribution >= 0.6 is 0 Å². The maximum atomic E-state index is 12.8. The number of aromatic nitrogens is 1. The lowest BCUT2D eigenvalue weighted by molar-refractivity contribution is 0.303. The first-order valence-corrected chi connectivity index (χ1v) is 4.75. The SMILES string of the molecule is Oc1cccc(OCc2cncc(F)c2)c1. The summed E-state index contributed by atoms with van der Waals surface area (Å²) in [6.45, 7) is 0.216. The maximum absolute atomic E-state index is 12.8. The highest BCUT2D eigenvalue weighted by atomic mass is 19.1. The highest BCUT2D eigenvalue weighted by molar-refractivity contribution is 5.31. The molecule has 1 N–H and O–H groups in total. The Kier molecular flexibility index (Phi) is 3.00. The Morgan fingerprint density at radius 3 is 2.88 bits per heavy atom. The minimum Gasteiger partial charge on any atom is -0.508 e. The predicted molar refractivity (Wildman–Crippen MR) is 56.6 cm³/mol. The first kappa shape index (κ1) is 10.4. The lowest BCUT2D eigenvalue weighted by atomic mass is 10.3. The van der Waals surface area contributed by atoms with Crippen LogP contribution in [0, 0.1) is 5.82 Å². The highest BCUT2D eigenvalue weighted by Crippen LogP contribution is 2.18. The number of phenols is 1. The molecule has 0 saturated carbocycles. The highest BCUT2D eigenvalue weighted by Gasteiger charge is 1.99. The second-order valence-corrected chi connectivity index (χ2v) is 3.30. The van der Waals surface area contributed by atoms with E-state index in [9.17, 15) is 9.50 Å². The molecule has 2 rings (SSSR count). The van der Waals surface area contributed by atoms with Gasteiger partial charge in [0, 0.05) is 17.8 Å². The molecule has 0 saturated heterocycles. The summed E-state index contributed by atoms with van der Waals surface area (Å²) in [6.07, 6.45) is 2.67. The number of hydrogen-bond acceptors (Lipinski definition) is 3. The molecule has 0 fully saturated rings. The average molecular weight is 219 g/mol. The molecule has 1 aromatic heterocycles. The van der Waals surface area contributed by atoms with Crippen molar-refractivity contribution in [2.45, 2.75) is 6.61 Å². The van der Waals surface area contributed by atoms with Crippen molar-refractivity contribution in [3.63, 3.8) is 0 Å². The molecule has 0 bridgehead atoms. The number of hydrogen-bond donors (Lipinski definition) is 1. The van der Waals surface area contributed by atoms with Crippen LogP contribution in [0.5, 0.6) is 11.5 Å². The number of rotatable bonds is 3. The van der Waals surface area contributed by atoms with Crippen LogP contribution in [0.3, 0.4) is 0 Å². The molecule has 0 amide bonds. The van der Waals surface area contributed by atoms with Gasteiger partial charge >= 0.3 is 0 Å². The molecule has 82 valence electrons. The summed E-state index contributed by atoms with van der Waals surface area (Å²) < 4.78 is 18.2. The lowest BCUT2D eigenvalue weighted by Crippen LogP contribution is -1.96. The monoisotopic (exact) mass is 219 g/mol. The molecule has 0 unspecified atom stereocenters. The van der Waals surface area contributed by atoms with Gasteiger partial charge < -0.3 is 9.84 Å². The molecule has 0 aliphatic rings. The fourth-order valence-corrected chi connectivity index (χ4v) is 1.27. The largest absolute Gasteiger partial charge is 0.508 e. The Bertz CT molecular complexity index is 442. The third kappa shape index (κ3) is 2.70. The Morgan fingerprint density at radius 1 is 1.25 bits per heavy atom. The second kappa shape index (κ2) is 4.61. The van der Waals surface area contributed by atoms with E-state index in [0.717, 1.165) is 6.20 Å². The molecule has 0 spiro atoms. The van der Waals surface area contributed by atoms with E-state index in [1.807, 2.05) is 0 Å². The first-order chi connectivity index (χ1) is 7.74. The molecule has 0 atom stereocenters. The summed E-state index contributed by atoms with van der Waals surface area (Å²) in [4.78, 5) is 3.71. The molecule has 4 heteroatoms. The Labute approximate surface area is 92.1 Å². The van der Waals surface area contributed by atoms with Gasteiger partial charge in [0.1, 0.15) is 23.9 Å². The minimum atomic E-state index is -0.392. The molecule has 2 aromatic rings. The van der Waals surface area contributed by atoms with E-state index >= 15 is 0 Å². The molecular formula is C12H10FNO2. The van der Waals surface area contributed by atoms with E-state index < -0.39 is 5.82 Å². The van der Waals surface area contributed by atoms with E-state index in [1.54, 1.807) is 18.2 Å². The number of aromatic hydroxyl groups is 1. The van der Waals surface area contributed by atoms with Gasteiger partial charge in [-0.3, -0.25) is 4.98 Å². The van der Waals surface area contributed by atoms with Gasteiger partial charge in [-0.25, -0.2) is 4.39 Å². The zero-order chi connectivity index (χ0) is 11.4. The van der Waals surface area contributed by atoms with Crippen molar-refractivity contribution in [2.75, 3.05) is 0 Å². The van der Waals surface area contributed by atoms with Gasteiger partial charge in [0.2, 0.25) is 0 Å². The number of phenolic OH excluding ortho intramolecular Hbond substituents is 1. The van der Waals surface area contributed by atoms with Crippen LogP contribution in [-0.2, 0) is 6.61 Å². The van der Waals surface area contributed by atoms with Gasteiger partial charge in [0.15, 0.2) is 0 Å². The van der Waals surface area contributed by atoms with Crippen LogP contribution in [0.2, 0.25) is 0 Å².